The van der Waals surface area contributed by atoms with Crippen LogP contribution in [0.25, 0.3) is 0 Å². The van der Waals surface area contributed by atoms with Crippen LogP contribution in [0.1, 0.15) is 22.5 Å². The van der Waals surface area contributed by atoms with Gasteiger partial charge in [-0.25, -0.2) is 0 Å². The highest BCUT2D eigenvalue weighted by molar-refractivity contribution is 5.93. The summed E-state index contributed by atoms with van der Waals surface area (Å²) in [5.41, 5.74) is 3.58. The molecular weight excluding hydrogens is 350 g/mol. The van der Waals surface area contributed by atoms with Crippen LogP contribution in [0.2, 0.25) is 0 Å². The molecule has 28 heavy (non-hydrogen) atoms. The van der Waals surface area contributed by atoms with E-state index >= 15 is 0 Å². The van der Waals surface area contributed by atoms with Crippen molar-refractivity contribution in [2.45, 2.75) is 13.0 Å². The van der Waals surface area contributed by atoms with Crippen LogP contribution in [0.15, 0.2) is 79.0 Å². The molecule has 144 valence electrons. The second-order valence-corrected chi connectivity index (χ2v) is 6.41. The monoisotopic (exact) mass is 375 g/mol. The van der Waals surface area contributed by atoms with Crippen LogP contribution in [0.4, 0.5) is 11.4 Å². The minimum atomic E-state index is -0.175. The Morgan fingerprint density at radius 3 is 2.43 bits per heavy atom. The molecule has 0 aliphatic carbocycles. The molecular formula is C23H25N3O2. The molecule has 3 rings (SSSR count). The third-order valence-electron chi connectivity index (χ3n) is 4.35. The van der Waals surface area contributed by atoms with Gasteiger partial charge in [-0.3, -0.25) is 9.78 Å². The fourth-order valence-electron chi connectivity index (χ4n) is 2.93. The van der Waals surface area contributed by atoms with E-state index in [2.05, 4.69) is 39.5 Å². The van der Waals surface area contributed by atoms with E-state index in [-0.39, 0.29) is 5.91 Å². The summed E-state index contributed by atoms with van der Waals surface area (Å²) in [6, 6.07) is 24.2. The molecule has 0 spiro atoms. The highest BCUT2D eigenvalue weighted by Gasteiger charge is 2.14. The van der Waals surface area contributed by atoms with E-state index in [1.165, 1.54) is 5.56 Å². The summed E-state index contributed by atoms with van der Waals surface area (Å²) in [5, 5.41) is 2.89. The van der Waals surface area contributed by atoms with E-state index in [1.807, 2.05) is 48.5 Å². The zero-order valence-electron chi connectivity index (χ0n) is 16.0. The molecule has 2 aromatic carbocycles. The number of benzene rings is 2. The molecule has 0 fully saturated rings. The Morgan fingerprint density at radius 2 is 1.71 bits per heavy atom. The first-order valence-corrected chi connectivity index (χ1v) is 9.37. The first-order valence-electron chi connectivity index (χ1n) is 9.37. The lowest BCUT2D eigenvalue weighted by Crippen LogP contribution is -2.26. The average molecular weight is 375 g/mol. The van der Waals surface area contributed by atoms with E-state index in [0.29, 0.717) is 25.4 Å². The molecule has 1 heterocycles. The van der Waals surface area contributed by atoms with Gasteiger partial charge < -0.3 is 15.0 Å². The van der Waals surface area contributed by atoms with E-state index in [1.54, 1.807) is 13.3 Å². The van der Waals surface area contributed by atoms with Gasteiger partial charge in [0.25, 0.3) is 5.91 Å². The maximum absolute atomic E-state index is 12.4. The van der Waals surface area contributed by atoms with Gasteiger partial charge >= 0.3 is 0 Å². The minimum absolute atomic E-state index is 0.175. The number of ether oxygens (including phenoxy) is 1. The van der Waals surface area contributed by atoms with Crippen LogP contribution in [-0.4, -0.2) is 31.2 Å². The minimum Gasteiger partial charge on any atom is -0.385 e. The van der Waals surface area contributed by atoms with Crippen molar-refractivity contribution in [3.63, 3.8) is 0 Å². The Hall–Kier alpha value is -3.18. The molecule has 0 radical (unpaired) electrons. The number of rotatable bonds is 9. The molecule has 0 aliphatic rings. The van der Waals surface area contributed by atoms with Crippen molar-refractivity contribution in [3.8, 4) is 0 Å². The van der Waals surface area contributed by atoms with Gasteiger partial charge in [-0.1, -0.05) is 48.5 Å². The molecule has 5 heteroatoms. The topological polar surface area (TPSA) is 54.5 Å². The Bertz CT molecular complexity index is 869. The second-order valence-electron chi connectivity index (χ2n) is 6.41. The fraction of sp³-hybridized carbons (Fsp3) is 0.217. The van der Waals surface area contributed by atoms with Crippen molar-refractivity contribution in [2.24, 2.45) is 0 Å². The smallest absolute Gasteiger partial charge is 0.269 e. The van der Waals surface area contributed by atoms with Crippen LogP contribution in [-0.2, 0) is 11.3 Å². The lowest BCUT2D eigenvalue weighted by molar-refractivity contribution is 0.0943. The Balaban J connectivity index is 1.83. The lowest BCUT2D eigenvalue weighted by atomic mass is 10.1. The molecule has 0 atom stereocenters. The van der Waals surface area contributed by atoms with Crippen molar-refractivity contribution in [1.29, 1.82) is 0 Å². The normalized spacial score (nSPS) is 10.5. The molecule has 0 aliphatic heterocycles. The van der Waals surface area contributed by atoms with E-state index in [4.69, 9.17) is 4.74 Å². The second kappa shape index (κ2) is 10.2. The summed E-state index contributed by atoms with van der Waals surface area (Å²) in [6.45, 7) is 1.88. The molecule has 3 aromatic rings. The molecule has 0 bridgehead atoms. The van der Waals surface area contributed by atoms with Crippen LogP contribution >= 0.6 is 0 Å². The van der Waals surface area contributed by atoms with E-state index in [9.17, 15) is 4.79 Å². The number of anilines is 2. The van der Waals surface area contributed by atoms with Crippen LogP contribution in [0, 0.1) is 0 Å². The number of methoxy groups -OCH3 is 1. The Morgan fingerprint density at radius 1 is 1.00 bits per heavy atom. The van der Waals surface area contributed by atoms with E-state index in [0.717, 1.165) is 17.8 Å². The van der Waals surface area contributed by atoms with Crippen molar-refractivity contribution >= 4 is 17.3 Å². The maximum Gasteiger partial charge on any atom is 0.269 e. The number of nitrogens with zero attached hydrogens (tertiary/aromatic N) is 2. The number of carbonyl (C=O) groups is 1. The van der Waals surface area contributed by atoms with Crippen LogP contribution < -0.4 is 10.2 Å². The number of hydrogen-bond donors (Lipinski definition) is 1. The average Bonchev–Trinajstić information content (AvgIpc) is 2.76. The number of pyridine rings is 1. The first kappa shape index (κ1) is 19.6. The summed E-state index contributed by atoms with van der Waals surface area (Å²) in [7, 11) is 1.65. The highest BCUT2D eigenvalue weighted by atomic mass is 16.5. The summed E-state index contributed by atoms with van der Waals surface area (Å²) in [6.07, 6.45) is 2.45. The van der Waals surface area contributed by atoms with Gasteiger partial charge in [0, 0.05) is 44.4 Å². The van der Waals surface area contributed by atoms with Crippen LogP contribution in [0.3, 0.4) is 0 Å². The number of hydrogen-bond acceptors (Lipinski definition) is 4. The van der Waals surface area contributed by atoms with Gasteiger partial charge in [0.1, 0.15) is 5.69 Å². The van der Waals surface area contributed by atoms with E-state index < -0.39 is 0 Å². The molecule has 5 nitrogen and oxygen atoms in total. The summed E-state index contributed by atoms with van der Waals surface area (Å²) < 4.78 is 5.01. The molecule has 1 amide bonds. The predicted molar refractivity (Wildman–Crippen MR) is 112 cm³/mol. The van der Waals surface area contributed by atoms with Gasteiger partial charge in [0.15, 0.2) is 0 Å². The van der Waals surface area contributed by atoms with Crippen molar-refractivity contribution in [1.82, 2.24) is 10.3 Å². The largest absolute Gasteiger partial charge is 0.385 e. The molecule has 0 saturated carbocycles. The zero-order chi connectivity index (χ0) is 19.6. The zero-order valence-corrected chi connectivity index (χ0v) is 16.0. The maximum atomic E-state index is 12.4. The molecule has 1 N–H and O–H groups in total. The third-order valence-corrected chi connectivity index (χ3v) is 4.35. The highest BCUT2D eigenvalue weighted by Crippen LogP contribution is 2.27. The summed E-state index contributed by atoms with van der Waals surface area (Å²) in [5.74, 6) is -0.175. The fourth-order valence-corrected chi connectivity index (χ4v) is 2.93. The SMILES string of the molecule is COCCCNC(=O)c1cc(N(Cc2ccccc2)c2ccccc2)ccn1. The Labute approximate surface area is 166 Å². The molecule has 0 unspecified atom stereocenters. The number of nitrogens with one attached hydrogen (secondary N) is 1. The van der Waals surface area contributed by atoms with Gasteiger partial charge in [0.05, 0.1) is 0 Å². The molecule has 1 aromatic heterocycles. The lowest BCUT2D eigenvalue weighted by Gasteiger charge is -2.25. The van der Waals surface area contributed by atoms with Gasteiger partial charge in [0.2, 0.25) is 0 Å². The van der Waals surface area contributed by atoms with Gasteiger partial charge in [-0.15, -0.1) is 0 Å². The van der Waals surface area contributed by atoms with Crippen LogP contribution in [0.5, 0.6) is 0 Å². The first-order chi connectivity index (χ1) is 13.8. The van der Waals surface area contributed by atoms with Crippen molar-refractivity contribution < 1.29 is 9.53 Å². The Kier molecular flexibility index (Phi) is 7.15. The third kappa shape index (κ3) is 5.41. The molecule has 0 saturated heterocycles. The predicted octanol–water partition coefficient (Wildman–Crippen LogP) is 4.19. The van der Waals surface area contributed by atoms with Crippen molar-refractivity contribution in [2.75, 3.05) is 25.2 Å². The van der Waals surface area contributed by atoms with Gasteiger partial charge in [-0.05, 0) is 36.2 Å². The number of amides is 1. The summed E-state index contributed by atoms with van der Waals surface area (Å²) in [4.78, 5) is 18.9. The number of carbonyl (C=O) groups excluding carboxylic acids is 1. The van der Waals surface area contributed by atoms with Gasteiger partial charge in [-0.2, -0.15) is 0 Å². The van der Waals surface area contributed by atoms with Crippen molar-refractivity contribution in [3.05, 3.63) is 90.3 Å². The summed E-state index contributed by atoms with van der Waals surface area (Å²) >= 11 is 0. The quantitative estimate of drug-likeness (QED) is 0.570. The standard InChI is InChI=1S/C23H25N3O2/c1-28-16-8-14-25-23(27)22-17-21(13-15-24-22)26(20-11-6-3-7-12-20)18-19-9-4-2-5-10-19/h2-7,9-13,15,17H,8,14,16,18H2,1H3,(H,25,27). The number of aromatic nitrogens is 1. The number of para-hydroxylation sites is 1.